The molecule has 3 N–H and O–H groups in total. The van der Waals surface area contributed by atoms with E-state index in [1.807, 2.05) is 54.7 Å². The zero-order chi connectivity index (χ0) is 45.2. The van der Waals surface area contributed by atoms with Crippen LogP contribution >= 0.6 is 0 Å². The van der Waals surface area contributed by atoms with Gasteiger partial charge in [0.05, 0.1) is 25.2 Å². The predicted octanol–water partition coefficient (Wildman–Crippen LogP) is 14.9. The minimum atomic E-state index is -0.834. The van der Waals surface area contributed by atoms with Gasteiger partial charge in [0.15, 0.2) is 0 Å². The zero-order valence-corrected chi connectivity index (χ0v) is 39.7. The van der Waals surface area contributed by atoms with E-state index in [0.717, 1.165) is 70.6 Å². The van der Waals surface area contributed by atoms with Crippen LogP contribution in [0.15, 0.2) is 122 Å². The molecular weight excluding hydrogens is 767 g/mol. The van der Waals surface area contributed by atoms with Crippen molar-refractivity contribution in [2.45, 2.75) is 212 Å². The van der Waals surface area contributed by atoms with E-state index in [4.69, 9.17) is 4.74 Å². The van der Waals surface area contributed by atoms with Crippen molar-refractivity contribution in [1.29, 1.82) is 0 Å². The zero-order valence-electron chi connectivity index (χ0n) is 39.7. The molecule has 1 amide bonds. The first kappa shape index (κ1) is 58.3. The number of hydrogen-bond acceptors (Lipinski definition) is 5. The van der Waals surface area contributed by atoms with Crippen LogP contribution in [-0.4, -0.2) is 46.9 Å². The van der Waals surface area contributed by atoms with Gasteiger partial charge in [-0.25, -0.2) is 0 Å². The minimum Gasteiger partial charge on any atom is -0.458 e. The molecule has 62 heavy (non-hydrogen) atoms. The third-order valence-corrected chi connectivity index (χ3v) is 10.4. The van der Waals surface area contributed by atoms with Gasteiger partial charge in [0.25, 0.3) is 0 Å². The van der Waals surface area contributed by atoms with Gasteiger partial charge in [-0.15, -0.1) is 0 Å². The highest BCUT2D eigenvalue weighted by molar-refractivity contribution is 5.78. The summed E-state index contributed by atoms with van der Waals surface area (Å²) < 4.78 is 5.79. The van der Waals surface area contributed by atoms with Crippen molar-refractivity contribution in [1.82, 2.24) is 5.32 Å². The fourth-order valence-electron chi connectivity index (χ4n) is 6.71. The lowest BCUT2D eigenvalue weighted by Gasteiger charge is -2.23. The Kier molecular flexibility index (Phi) is 45.4. The van der Waals surface area contributed by atoms with Crippen molar-refractivity contribution in [3.8, 4) is 0 Å². The van der Waals surface area contributed by atoms with Crippen LogP contribution in [0.4, 0.5) is 0 Å². The average Bonchev–Trinajstić information content (AvgIpc) is 3.26. The molecule has 0 heterocycles. The number of amides is 1. The van der Waals surface area contributed by atoms with Gasteiger partial charge in [-0.3, -0.25) is 9.59 Å². The van der Waals surface area contributed by atoms with Crippen LogP contribution in [0, 0.1) is 0 Å². The van der Waals surface area contributed by atoms with Gasteiger partial charge in [0.1, 0.15) is 6.10 Å². The van der Waals surface area contributed by atoms with Crippen LogP contribution in [0.25, 0.3) is 0 Å². The number of unbranched alkanes of at least 4 members (excludes halogenated alkanes) is 16. The fourth-order valence-corrected chi connectivity index (χ4v) is 6.71. The molecule has 0 rings (SSSR count). The van der Waals surface area contributed by atoms with E-state index < -0.39 is 18.2 Å². The average molecular weight is 858 g/mol. The van der Waals surface area contributed by atoms with Crippen molar-refractivity contribution in [2.24, 2.45) is 0 Å². The number of rotatable bonds is 42. The first-order valence-corrected chi connectivity index (χ1v) is 24.8. The van der Waals surface area contributed by atoms with E-state index in [2.05, 4.69) is 86.8 Å². The van der Waals surface area contributed by atoms with Crippen molar-refractivity contribution < 1.29 is 24.5 Å². The van der Waals surface area contributed by atoms with E-state index in [0.29, 0.717) is 19.3 Å². The van der Waals surface area contributed by atoms with Crippen molar-refractivity contribution >= 4 is 11.9 Å². The van der Waals surface area contributed by atoms with Crippen LogP contribution in [0.2, 0.25) is 0 Å². The van der Waals surface area contributed by atoms with Crippen molar-refractivity contribution in [3.63, 3.8) is 0 Å². The number of aliphatic hydroxyl groups excluding tert-OH is 2. The lowest BCUT2D eigenvalue weighted by molar-refractivity contribution is -0.148. The topological polar surface area (TPSA) is 95.9 Å². The van der Waals surface area contributed by atoms with Gasteiger partial charge >= 0.3 is 5.97 Å². The van der Waals surface area contributed by atoms with E-state index in [1.165, 1.54) is 70.6 Å². The van der Waals surface area contributed by atoms with Crippen LogP contribution < -0.4 is 5.32 Å². The van der Waals surface area contributed by atoms with Gasteiger partial charge in [-0.1, -0.05) is 233 Å². The maximum atomic E-state index is 13.2. The number of carbonyl (C=O) groups excluding carboxylic acids is 2. The second-order valence-corrected chi connectivity index (χ2v) is 16.2. The maximum absolute atomic E-state index is 13.2. The summed E-state index contributed by atoms with van der Waals surface area (Å²) in [4.78, 5) is 26.0. The summed E-state index contributed by atoms with van der Waals surface area (Å²) in [6.45, 7) is 6.16. The molecule has 6 heteroatoms. The number of aliphatic hydroxyl groups is 2. The molecule has 3 atom stereocenters. The molecule has 0 bridgehead atoms. The van der Waals surface area contributed by atoms with Gasteiger partial charge in [-0.05, 0) is 70.3 Å². The summed E-state index contributed by atoms with van der Waals surface area (Å²) >= 11 is 0. The van der Waals surface area contributed by atoms with Gasteiger partial charge in [0, 0.05) is 6.42 Å². The molecule has 0 aromatic carbocycles. The highest BCUT2D eigenvalue weighted by Gasteiger charge is 2.23. The third-order valence-electron chi connectivity index (χ3n) is 10.4. The first-order valence-electron chi connectivity index (χ1n) is 24.8. The quantitative estimate of drug-likeness (QED) is 0.0246. The molecule has 0 radical (unpaired) electrons. The summed E-state index contributed by atoms with van der Waals surface area (Å²) in [5.74, 6) is -0.691. The standard InChI is InChI=1S/C56H91NO5/c1-4-7-10-13-16-19-22-25-28-31-34-37-40-43-46-49-56(61)62-52(47-44-41-38-35-32-29-26-23-20-17-14-11-8-5-2)50-55(60)57-53(51-58)54(59)48-45-42-39-36-33-30-27-24-21-18-15-12-9-6-3/h7-8,10-11,13,16-17,19-20,22,25-26,28-29,31,34-35,38,44,47,52-54,58-59H,4-6,9,12,14-15,18,21,23-24,27,30,32-33,36-37,39-43,45-46,48-51H2,1-3H3,(H,57,60)/b10-7+,11-8+,16-13+,20-17+,22-19-,28-25-,29-26+,34-31+,38-35+,47-44+. The van der Waals surface area contributed by atoms with E-state index >= 15 is 0 Å². The largest absolute Gasteiger partial charge is 0.458 e. The highest BCUT2D eigenvalue weighted by Crippen LogP contribution is 2.15. The van der Waals surface area contributed by atoms with E-state index in [9.17, 15) is 19.8 Å². The number of esters is 1. The number of ether oxygens (including phenoxy) is 1. The van der Waals surface area contributed by atoms with Gasteiger partial charge in [0.2, 0.25) is 5.91 Å². The Morgan fingerprint density at radius 3 is 1.48 bits per heavy atom. The fraction of sp³-hybridized carbons (Fsp3) is 0.607. The molecule has 0 aromatic heterocycles. The SMILES string of the molecule is CC/C=C/C=C/C=C\C=C/C=C/CCCCCC(=O)OC(/C=C/C/C=C/C/C=C/C/C=C/C/C=C/CC)CC(=O)NC(CO)C(O)CCCCCCCCCCCCCCCC. The lowest BCUT2D eigenvalue weighted by atomic mass is 10.0. The molecule has 0 saturated carbocycles. The molecule has 0 aliphatic rings. The molecule has 6 nitrogen and oxygen atoms in total. The Bertz CT molecular complexity index is 1330. The van der Waals surface area contributed by atoms with Crippen molar-refractivity contribution in [3.05, 3.63) is 122 Å². The van der Waals surface area contributed by atoms with Crippen LogP contribution in [0.1, 0.15) is 194 Å². The predicted molar refractivity (Wildman–Crippen MR) is 268 cm³/mol. The smallest absolute Gasteiger partial charge is 0.306 e. The van der Waals surface area contributed by atoms with E-state index in [1.54, 1.807) is 6.08 Å². The summed E-state index contributed by atoms with van der Waals surface area (Å²) in [7, 11) is 0. The second kappa shape index (κ2) is 48.3. The molecule has 0 spiro atoms. The summed E-state index contributed by atoms with van der Waals surface area (Å²) in [5.41, 5.74) is 0. The van der Waals surface area contributed by atoms with Crippen LogP contribution in [-0.2, 0) is 14.3 Å². The number of nitrogens with one attached hydrogen (secondary N) is 1. The molecule has 0 aliphatic carbocycles. The van der Waals surface area contributed by atoms with Crippen LogP contribution in [0.3, 0.4) is 0 Å². The molecule has 0 saturated heterocycles. The molecule has 0 aliphatic heterocycles. The molecular formula is C56H91NO5. The first-order chi connectivity index (χ1) is 30.5. The summed E-state index contributed by atoms with van der Waals surface area (Å²) in [6.07, 6.45) is 67.1. The Morgan fingerprint density at radius 1 is 0.516 bits per heavy atom. The Labute approximate surface area is 380 Å². The normalized spacial score (nSPS) is 14.3. The summed E-state index contributed by atoms with van der Waals surface area (Å²) in [5, 5.41) is 23.7. The summed E-state index contributed by atoms with van der Waals surface area (Å²) in [6, 6.07) is -0.759. The molecule has 3 unspecified atom stereocenters. The third kappa shape index (κ3) is 42.9. The Morgan fingerprint density at radius 2 is 0.968 bits per heavy atom. The molecule has 350 valence electrons. The number of carbonyl (C=O) groups is 2. The number of hydrogen-bond donors (Lipinski definition) is 3. The molecule has 0 fully saturated rings. The molecule has 0 aromatic rings. The maximum Gasteiger partial charge on any atom is 0.306 e. The Hall–Kier alpha value is -3.74. The lowest BCUT2D eigenvalue weighted by Crippen LogP contribution is -2.46. The van der Waals surface area contributed by atoms with Gasteiger partial charge < -0.3 is 20.3 Å². The van der Waals surface area contributed by atoms with E-state index in [-0.39, 0.29) is 31.3 Å². The van der Waals surface area contributed by atoms with Crippen molar-refractivity contribution in [2.75, 3.05) is 6.61 Å². The highest BCUT2D eigenvalue weighted by atomic mass is 16.5. The second-order valence-electron chi connectivity index (χ2n) is 16.2. The minimum absolute atomic E-state index is 0.0712. The van der Waals surface area contributed by atoms with Crippen LogP contribution in [0.5, 0.6) is 0 Å². The van der Waals surface area contributed by atoms with Gasteiger partial charge in [-0.2, -0.15) is 0 Å². The number of allylic oxidation sites excluding steroid dienone is 19. The Balaban J connectivity index is 4.83. The monoisotopic (exact) mass is 858 g/mol.